The third-order valence-electron chi connectivity index (χ3n) is 3.60. The van der Waals surface area contributed by atoms with Crippen LogP contribution in [0, 0.1) is 17.8 Å². The molecular formula is C12H22N2O3. The fourth-order valence-electron chi connectivity index (χ4n) is 1.89. The molecule has 1 aliphatic rings. The molecule has 0 aromatic rings. The molecule has 0 aliphatic carbocycles. The van der Waals surface area contributed by atoms with Crippen LogP contribution in [0.25, 0.3) is 0 Å². The lowest BCUT2D eigenvalue weighted by Crippen LogP contribution is -2.48. The van der Waals surface area contributed by atoms with Crippen molar-refractivity contribution in [3.8, 4) is 0 Å². The summed E-state index contributed by atoms with van der Waals surface area (Å²) in [6, 6.07) is -0.142. The number of aliphatic carboxylic acids is 1. The first-order valence-corrected chi connectivity index (χ1v) is 6.17. The van der Waals surface area contributed by atoms with Crippen LogP contribution in [0.15, 0.2) is 0 Å². The zero-order valence-corrected chi connectivity index (χ0v) is 10.8. The van der Waals surface area contributed by atoms with E-state index in [1.807, 2.05) is 0 Å². The molecule has 1 fully saturated rings. The molecule has 0 bridgehead atoms. The highest BCUT2D eigenvalue weighted by Crippen LogP contribution is 2.22. The molecule has 0 aromatic heterocycles. The molecular weight excluding hydrogens is 220 g/mol. The third-order valence-corrected chi connectivity index (χ3v) is 3.60. The fraction of sp³-hybridized carbons (Fsp3) is 0.833. The number of carboxylic acids is 1. The summed E-state index contributed by atoms with van der Waals surface area (Å²) in [6.45, 7) is 7.64. The highest BCUT2D eigenvalue weighted by Gasteiger charge is 2.26. The molecule has 5 nitrogen and oxygen atoms in total. The number of nitrogens with one attached hydrogen (secondary N) is 1. The van der Waals surface area contributed by atoms with E-state index >= 15 is 0 Å². The second kappa shape index (κ2) is 5.89. The maximum Gasteiger partial charge on any atom is 0.317 e. The Balaban J connectivity index is 2.36. The number of rotatable bonds is 3. The molecule has 0 radical (unpaired) electrons. The first-order chi connectivity index (χ1) is 7.91. The number of carboxylic acid groups (broad SMARTS) is 1. The molecule has 1 heterocycles. The van der Waals surface area contributed by atoms with E-state index in [1.54, 1.807) is 11.8 Å². The van der Waals surface area contributed by atoms with Gasteiger partial charge in [0, 0.05) is 19.6 Å². The molecule has 3 atom stereocenters. The van der Waals surface area contributed by atoms with E-state index in [-0.39, 0.29) is 12.6 Å². The molecule has 1 aliphatic heterocycles. The Bertz CT molecular complexity index is 293. The summed E-state index contributed by atoms with van der Waals surface area (Å²) < 4.78 is 0. The van der Waals surface area contributed by atoms with Gasteiger partial charge in [0.2, 0.25) is 0 Å². The van der Waals surface area contributed by atoms with Crippen LogP contribution in [0.3, 0.4) is 0 Å². The van der Waals surface area contributed by atoms with Gasteiger partial charge in [-0.15, -0.1) is 0 Å². The number of carbonyl (C=O) groups is 2. The second-order valence-electron chi connectivity index (χ2n) is 5.11. The van der Waals surface area contributed by atoms with Crippen molar-refractivity contribution < 1.29 is 14.7 Å². The van der Waals surface area contributed by atoms with Crippen molar-refractivity contribution in [2.75, 3.05) is 19.6 Å². The fourth-order valence-corrected chi connectivity index (χ4v) is 1.89. The Labute approximate surface area is 102 Å². The largest absolute Gasteiger partial charge is 0.481 e. The van der Waals surface area contributed by atoms with Crippen LogP contribution in [-0.4, -0.2) is 41.6 Å². The zero-order valence-electron chi connectivity index (χ0n) is 10.8. The highest BCUT2D eigenvalue weighted by molar-refractivity contribution is 5.76. The predicted molar refractivity (Wildman–Crippen MR) is 64.7 cm³/mol. The number of hydrogen-bond acceptors (Lipinski definition) is 2. The van der Waals surface area contributed by atoms with E-state index in [2.05, 4.69) is 19.2 Å². The molecule has 17 heavy (non-hydrogen) atoms. The smallest absolute Gasteiger partial charge is 0.317 e. The number of likely N-dealkylation sites (tertiary alicyclic amines) is 1. The standard InChI is InChI=1S/C12H22N2O3/c1-8-4-5-14(7-10(8)3)12(17)13-6-9(2)11(15)16/h8-10H,4-7H2,1-3H3,(H,13,17)(H,15,16). The van der Waals surface area contributed by atoms with Gasteiger partial charge >= 0.3 is 12.0 Å². The predicted octanol–water partition coefficient (Wildman–Crippen LogP) is 1.39. The van der Waals surface area contributed by atoms with E-state index in [9.17, 15) is 9.59 Å². The Morgan fingerprint density at radius 2 is 2.06 bits per heavy atom. The summed E-state index contributed by atoms with van der Waals surface area (Å²) in [5, 5.41) is 11.4. The summed E-state index contributed by atoms with van der Waals surface area (Å²) in [4.78, 5) is 24.2. The Hall–Kier alpha value is -1.26. The van der Waals surface area contributed by atoms with E-state index in [4.69, 9.17) is 5.11 Å². The summed E-state index contributed by atoms with van der Waals surface area (Å²) in [5.74, 6) is -0.269. The van der Waals surface area contributed by atoms with Crippen LogP contribution in [0.5, 0.6) is 0 Å². The third kappa shape index (κ3) is 3.91. The summed E-state index contributed by atoms with van der Waals surface area (Å²) in [6.07, 6.45) is 1.02. The van der Waals surface area contributed by atoms with Crippen molar-refractivity contribution in [2.24, 2.45) is 17.8 Å². The van der Waals surface area contributed by atoms with Gasteiger partial charge in [-0.2, -0.15) is 0 Å². The van der Waals surface area contributed by atoms with Gasteiger partial charge in [0.1, 0.15) is 0 Å². The number of urea groups is 1. The van der Waals surface area contributed by atoms with Crippen LogP contribution in [0.1, 0.15) is 27.2 Å². The number of carbonyl (C=O) groups excluding carboxylic acids is 1. The average molecular weight is 242 g/mol. The van der Waals surface area contributed by atoms with Gasteiger partial charge in [-0.3, -0.25) is 4.79 Å². The lowest BCUT2D eigenvalue weighted by molar-refractivity contribution is -0.140. The molecule has 1 rings (SSSR count). The Morgan fingerprint density at radius 1 is 1.41 bits per heavy atom. The molecule has 0 saturated carbocycles. The molecule has 3 unspecified atom stereocenters. The van der Waals surface area contributed by atoms with Gasteiger partial charge in [-0.1, -0.05) is 20.8 Å². The second-order valence-corrected chi connectivity index (χ2v) is 5.11. The van der Waals surface area contributed by atoms with Crippen molar-refractivity contribution in [3.05, 3.63) is 0 Å². The Kier molecular flexibility index (Phi) is 4.78. The first-order valence-electron chi connectivity index (χ1n) is 6.17. The quantitative estimate of drug-likeness (QED) is 0.785. The molecule has 5 heteroatoms. The Morgan fingerprint density at radius 3 is 2.59 bits per heavy atom. The summed E-state index contributed by atoms with van der Waals surface area (Å²) in [7, 11) is 0. The van der Waals surface area contributed by atoms with Crippen LogP contribution >= 0.6 is 0 Å². The molecule has 98 valence electrons. The van der Waals surface area contributed by atoms with Gasteiger partial charge in [0.25, 0.3) is 0 Å². The van der Waals surface area contributed by atoms with E-state index in [0.717, 1.165) is 19.5 Å². The van der Waals surface area contributed by atoms with Crippen LogP contribution in [0.2, 0.25) is 0 Å². The van der Waals surface area contributed by atoms with Crippen molar-refractivity contribution in [1.82, 2.24) is 10.2 Å². The maximum atomic E-state index is 11.8. The summed E-state index contributed by atoms with van der Waals surface area (Å²) >= 11 is 0. The highest BCUT2D eigenvalue weighted by atomic mass is 16.4. The van der Waals surface area contributed by atoms with Crippen molar-refractivity contribution in [1.29, 1.82) is 0 Å². The molecule has 2 N–H and O–H groups in total. The van der Waals surface area contributed by atoms with Gasteiger partial charge in [0.05, 0.1) is 5.92 Å². The summed E-state index contributed by atoms with van der Waals surface area (Å²) in [5.41, 5.74) is 0. The van der Waals surface area contributed by atoms with Crippen LogP contribution in [0.4, 0.5) is 4.79 Å². The number of hydrogen-bond donors (Lipinski definition) is 2. The van der Waals surface area contributed by atoms with Crippen molar-refractivity contribution in [2.45, 2.75) is 27.2 Å². The minimum atomic E-state index is -0.883. The monoisotopic (exact) mass is 242 g/mol. The minimum absolute atomic E-state index is 0.142. The van der Waals surface area contributed by atoms with Crippen molar-refractivity contribution >= 4 is 12.0 Å². The van der Waals surface area contributed by atoms with Gasteiger partial charge < -0.3 is 15.3 Å². The van der Waals surface area contributed by atoms with E-state index < -0.39 is 11.9 Å². The van der Waals surface area contributed by atoms with Crippen LogP contribution < -0.4 is 5.32 Å². The van der Waals surface area contributed by atoms with Crippen LogP contribution in [-0.2, 0) is 4.79 Å². The van der Waals surface area contributed by atoms with Crippen molar-refractivity contribution in [3.63, 3.8) is 0 Å². The first kappa shape index (κ1) is 13.8. The zero-order chi connectivity index (χ0) is 13.0. The number of piperidine rings is 1. The SMILES string of the molecule is CC(CNC(=O)N1CCC(C)C(C)C1)C(=O)O. The molecule has 0 aromatic carbocycles. The van der Waals surface area contributed by atoms with Gasteiger partial charge in [-0.05, 0) is 18.3 Å². The van der Waals surface area contributed by atoms with Gasteiger partial charge in [-0.25, -0.2) is 4.79 Å². The van der Waals surface area contributed by atoms with E-state index in [0.29, 0.717) is 11.8 Å². The maximum absolute atomic E-state index is 11.8. The normalized spacial score (nSPS) is 26.4. The average Bonchev–Trinajstić information content (AvgIpc) is 2.28. The molecule has 0 spiro atoms. The topological polar surface area (TPSA) is 69.6 Å². The number of nitrogens with zero attached hydrogens (tertiary/aromatic N) is 1. The number of amides is 2. The van der Waals surface area contributed by atoms with Gasteiger partial charge in [0.15, 0.2) is 0 Å². The lowest BCUT2D eigenvalue weighted by Gasteiger charge is -2.35. The minimum Gasteiger partial charge on any atom is -0.481 e. The molecule has 1 saturated heterocycles. The lowest BCUT2D eigenvalue weighted by atomic mass is 9.89. The molecule has 2 amide bonds. The van der Waals surface area contributed by atoms with E-state index in [1.165, 1.54) is 0 Å².